The Morgan fingerprint density at radius 2 is 2.10 bits per heavy atom. The number of rotatable bonds is 4. The van der Waals surface area contributed by atoms with Gasteiger partial charge in [0, 0.05) is 17.1 Å². The number of amides is 1. The molecule has 6 heteroatoms. The first-order chi connectivity index (χ1) is 9.44. The number of hydrogen-bond donors (Lipinski definition) is 1. The van der Waals surface area contributed by atoms with Crippen molar-refractivity contribution in [2.45, 2.75) is 25.5 Å². The number of nitrogens with one attached hydrogen (secondary N) is 1. The minimum absolute atomic E-state index is 0.303. The Bertz CT molecular complexity index is 741. The van der Waals surface area contributed by atoms with Crippen LogP contribution in [0.1, 0.15) is 30.6 Å². The average molecular weight is 292 g/mol. The minimum Gasteiger partial charge on any atom is -0.268 e. The summed E-state index contributed by atoms with van der Waals surface area (Å²) in [7, 11) is -3.63. The van der Waals surface area contributed by atoms with Crippen molar-refractivity contribution in [3.8, 4) is 0 Å². The van der Waals surface area contributed by atoms with Gasteiger partial charge in [0.25, 0.3) is 5.91 Å². The molecule has 2 aromatic rings. The van der Waals surface area contributed by atoms with Crippen molar-refractivity contribution in [3.05, 3.63) is 42.1 Å². The van der Waals surface area contributed by atoms with E-state index in [0.717, 1.165) is 10.9 Å². The van der Waals surface area contributed by atoms with Gasteiger partial charge in [-0.05, 0) is 37.6 Å². The van der Waals surface area contributed by atoms with Crippen molar-refractivity contribution in [2.24, 2.45) is 0 Å². The van der Waals surface area contributed by atoms with E-state index in [1.807, 2.05) is 6.07 Å². The SMILES string of the molecule is CCC(C)S(=O)(=O)NC(=O)c1ccc2ncccc2c1. The highest BCUT2D eigenvalue weighted by molar-refractivity contribution is 7.90. The predicted molar refractivity (Wildman–Crippen MR) is 77.9 cm³/mol. The molecule has 1 amide bonds. The van der Waals surface area contributed by atoms with E-state index in [-0.39, 0.29) is 0 Å². The lowest BCUT2D eigenvalue weighted by molar-refractivity contribution is 0.0981. The van der Waals surface area contributed by atoms with E-state index in [1.54, 1.807) is 44.3 Å². The van der Waals surface area contributed by atoms with Crippen LogP contribution in [-0.4, -0.2) is 24.6 Å². The zero-order valence-corrected chi connectivity index (χ0v) is 12.1. The number of pyridine rings is 1. The van der Waals surface area contributed by atoms with Crippen molar-refractivity contribution >= 4 is 26.8 Å². The summed E-state index contributed by atoms with van der Waals surface area (Å²) in [6.07, 6.45) is 2.11. The summed E-state index contributed by atoms with van der Waals surface area (Å²) in [5.74, 6) is -0.615. The largest absolute Gasteiger partial charge is 0.268 e. The van der Waals surface area contributed by atoms with Gasteiger partial charge in [0.05, 0.1) is 10.8 Å². The predicted octanol–water partition coefficient (Wildman–Crippen LogP) is 2.09. The Labute approximate surface area is 118 Å². The van der Waals surface area contributed by atoms with Gasteiger partial charge >= 0.3 is 0 Å². The summed E-state index contributed by atoms with van der Waals surface area (Å²) < 4.78 is 25.8. The molecule has 1 N–H and O–H groups in total. The van der Waals surface area contributed by atoms with Gasteiger partial charge in [-0.2, -0.15) is 0 Å². The summed E-state index contributed by atoms with van der Waals surface area (Å²) in [4.78, 5) is 16.2. The molecule has 0 spiro atoms. The molecule has 0 fully saturated rings. The van der Waals surface area contributed by atoms with Crippen molar-refractivity contribution in [1.29, 1.82) is 0 Å². The highest BCUT2D eigenvalue weighted by Gasteiger charge is 2.22. The number of carbonyl (C=O) groups excluding carboxylic acids is 1. The second-order valence-corrected chi connectivity index (χ2v) is 6.70. The molecule has 20 heavy (non-hydrogen) atoms. The normalized spacial score (nSPS) is 13.1. The van der Waals surface area contributed by atoms with E-state index in [9.17, 15) is 13.2 Å². The van der Waals surface area contributed by atoms with Crippen LogP contribution >= 0.6 is 0 Å². The van der Waals surface area contributed by atoms with Gasteiger partial charge in [-0.3, -0.25) is 9.78 Å². The van der Waals surface area contributed by atoms with Gasteiger partial charge in [0.15, 0.2) is 0 Å². The number of aromatic nitrogens is 1. The number of fused-ring (bicyclic) bond motifs is 1. The third-order valence-electron chi connectivity index (χ3n) is 3.20. The Hall–Kier alpha value is -1.95. The number of hydrogen-bond acceptors (Lipinski definition) is 4. The second-order valence-electron chi connectivity index (χ2n) is 4.61. The fourth-order valence-corrected chi connectivity index (χ4v) is 2.74. The summed E-state index contributed by atoms with van der Waals surface area (Å²) in [6, 6.07) is 8.48. The molecule has 1 heterocycles. The van der Waals surface area contributed by atoms with Gasteiger partial charge in [0.1, 0.15) is 0 Å². The molecular weight excluding hydrogens is 276 g/mol. The van der Waals surface area contributed by atoms with Crippen LogP contribution in [0.25, 0.3) is 10.9 Å². The van der Waals surface area contributed by atoms with Crippen LogP contribution in [-0.2, 0) is 10.0 Å². The molecule has 2 rings (SSSR count). The fourth-order valence-electron chi connectivity index (χ4n) is 1.72. The zero-order chi connectivity index (χ0) is 14.8. The topological polar surface area (TPSA) is 76.1 Å². The van der Waals surface area contributed by atoms with Crippen molar-refractivity contribution in [3.63, 3.8) is 0 Å². The van der Waals surface area contributed by atoms with Gasteiger partial charge in [-0.15, -0.1) is 0 Å². The van der Waals surface area contributed by atoms with E-state index in [0.29, 0.717) is 12.0 Å². The standard InChI is InChI=1S/C14H16N2O3S/c1-3-10(2)20(18,19)16-14(17)12-6-7-13-11(9-12)5-4-8-15-13/h4-10H,3H2,1-2H3,(H,16,17). The minimum atomic E-state index is -3.63. The lowest BCUT2D eigenvalue weighted by Crippen LogP contribution is -2.36. The number of benzene rings is 1. The van der Waals surface area contributed by atoms with Crippen LogP contribution in [0.4, 0.5) is 0 Å². The van der Waals surface area contributed by atoms with Crippen molar-refractivity contribution in [2.75, 3.05) is 0 Å². The maximum atomic E-state index is 12.0. The molecule has 0 aliphatic rings. The van der Waals surface area contributed by atoms with Crippen LogP contribution in [0, 0.1) is 0 Å². The summed E-state index contributed by atoms with van der Waals surface area (Å²) >= 11 is 0. The van der Waals surface area contributed by atoms with E-state index in [4.69, 9.17) is 0 Å². The highest BCUT2D eigenvalue weighted by Crippen LogP contribution is 2.14. The van der Waals surface area contributed by atoms with Gasteiger partial charge in [0.2, 0.25) is 10.0 Å². The first-order valence-electron chi connectivity index (χ1n) is 6.35. The maximum Gasteiger partial charge on any atom is 0.264 e. The van der Waals surface area contributed by atoms with E-state index in [2.05, 4.69) is 9.71 Å². The first-order valence-corrected chi connectivity index (χ1v) is 7.89. The van der Waals surface area contributed by atoms with Crippen LogP contribution in [0.15, 0.2) is 36.5 Å². The monoisotopic (exact) mass is 292 g/mol. The van der Waals surface area contributed by atoms with E-state index >= 15 is 0 Å². The summed E-state index contributed by atoms with van der Waals surface area (Å²) in [6.45, 7) is 3.33. The number of sulfonamides is 1. The van der Waals surface area contributed by atoms with Crippen LogP contribution in [0.2, 0.25) is 0 Å². The van der Waals surface area contributed by atoms with Gasteiger partial charge < -0.3 is 0 Å². The maximum absolute atomic E-state index is 12.0. The molecule has 1 atom stereocenters. The van der Waals surface area contributed by atoms with Crippen molar-refractivity contribution in [1.82, 2.24) is 9.71 Å². The highest BCUT2D eigenvalue weighted by atomic mass is 32.2. The fraction of sp³-hybridized carbons (Fsp3) is 0.286. The molecule has 106 valence electrons. The number of nitrogens with zero attached hydrogens (tertiary/aromatic N) is 1. The Balaban J connectivity index is 2.28. The molecule has 1 aromatic heterocycles. The van der Waals surface area contributed by atoms with Crippen LogP contribution in [0.3, 0.4) is 0 Å². The smallest absolute Gasteiger partial charge is 0.264 e. The Kier molecular flexibility index (Phi) is 4.04. The van der Waals surface area contributed by atoms with Crippen LogP contribution in [0.5, 0.6) is 0 Å². The molecule has 5 nitrogen and oxygen atoms in total. The lowest BCUT2D eigenvalue weighted by Gasteiger charge is -2.12. The quantitative estimate of drug-likeness (QED) is 0.936. The molecule has 0 aliphatic carbocycles. The van der Waals surface area contributed by atoms with Gasteiger partial charge in [-0.1, -0.05) is 13.0 Å². The molecule has 0 bridgehead atoms. The molecule has 0 saturated carbocycles. The first kappa shape index (κ1) is 14.5. The molecule has 0 saturated heterocycles. The third-order valence-corrected chi connectivity index (χ3v) is 5.07. The zero-order valence-electron chi connectivity index (χ0n) is 11.3. The van der Waals surface area contributed by atoms with E-state index < -0.39 is 21.2 Å². The van der Waals surface area contributed by atoms with E-state index in [1.165, 1.54) is 0 Å². The molecular formula is C14H16N2O3S. The average Bonchev–Trinajstić information content (AvgIpc) is 2.45. The molecule has 0 aliphatic heterocycles. The lowest BCUT2D eigenvalue weighted by atomic mass is 10.1. The van der Waals surface area contributed by atoms with Crippen molar-refractivity contribution < 1.29 is 13.2 Å². The summed E-state index contributed by atoms with van der Waals surface area (Å²) in [5.41, 5.74) is 1.06. The third kappa shape index (κ3) is 2.96. The second kappa shape index (κ2) is 5.58. The Morgan fingerprint density at radius 1 is 1.35 bits per heavy atom. The molecule has 1 unspecified atom stereocenters. The van der Waals surface area contributed by atoms with Gasteiger partial charge in [-0.25, -0.2) is 13.1 Å². The molecule has 0 radical (unpaired) electrons. The molecule has 1 aromatic carbocycles. The number of carbonyl (C=O) groups is 1. The Morgan fingerprint density at radius 3 is 2.80 bits per heavy atom. The summed E-state index contributed by atoms with van der Waals surface area (Å²) in [5, 5.41) is 0.190. The van der Waals surface area contributed by atoms with Crippen LogP contribution < -0.4 is 4.72 Å².